The Bertz CT molecular complexity index is 193. The molecule has 0 aromatic rings. The third-order valence-corrected chi connectivity index (χ3v) is 2.47. The Balaban J connectivity index is 2.65. The Kier molecular flexibility index (Phi) is 3.27. The highest BCUT2D eigenvalue weighted by atomic mass is 16.3. The lowest BCUT2D eigenvalue weighted by molar-refractivity contribution is -0.137. The van der Waals surface area contributed by atoms with E-state index in [1.807, 2.05) is 13.8 Å². The Morgan fingerprint density at radius 2 is 2.23 bits per heavy atom. The summed E-state index contributed by atoms with van der Waals surface area (Å²) >= 11 is 0. The molecule has 2 atom stereocenters. The van der Waals surface area contributed by atoms with Gasteiger partial charge in [-0.3, -0.25) is 4.79 Å². The van der Waals surface area contributed by atoms with E-state index in [0.29, 0.717) is 13.0 Å². The molecule has 2 N–H and O–H groups in total. The van der Waals surface area contributed by atoms with Crippen LogP contribution in [0.5, 0.6) is 0 Å². The number of likely N-dealkylation sites (tertiary alicyclic amines) is 1. The lowest BCUT2D eigenvalue weighted by Gasteiger charge is -2.26. The second-order valence-electron chi connectivity index (χ2n) is 3.79. The Morgan fingerprint density at radius 1 is 1.62 bits per heavy atom. The topological polar surface area (TPSA) is 60.8 Å². The molecule has 0 aliphatic carbocycles. The average Bonchev–Trinajstić information content (AvgIpc) is 2.45. The maximum absolute atomic E-state index is 11.6. The zero-order valence-electron chi connectivity index (χ0n) is 8.10. The molecule has 2 unspecified atom stereocenters. The number of carbonyl (C=O) groups is 1. The minimum atomic E-state index is -0.562. The van der Waals surface area contributed by atoms with E-state index < -0.39 is 12.1 Å². The quantitative estimate of drug-likeness (QED) is 0.618. The van der Waals surface area contributed by atoms with Crippen molar-refractivity contribution in [2.75, 3.05) is 13.2 Å². The molecule has 0 saturated carbocycles. The van der Waals surface area contributed by atoms with E-state index in [2.05, 4.69) is 0 Å². The van der Waals surface area contributed by atoms with E-state index in [0.717, 1.165) is 0 Å². The van der Waals surface area contributed by atoms with Gasteiger partial charge in [-0.05, 0) is 6.42 Å². The summed E-state index contributed by atoms with van der Waals surface area (Å²) in [7, 11) is 0. The van der Waals surface area contributed by atoms with Gasteiger partial charge in [-0.15, -0.1) is 0 Å². The Labute approximate surface area is 78.2 Å². The molecule has 1 amide bonds. The Morgan fingerprint density at radius 3 is 2.69 bits per heavy atom. The average molecular weight is 187 g/mol. The maximum Gasteiger partial charge on any atom is 0.225 e. The van der Waals surface area contributed by atoms with Gasteiger partial charge >= 0.3 is 0 Å². The number of hydrogen-bond donors (Lipinski definition) is 2. The highest BCUT2D eigenvalue weighted by Gasteiger charge is 2.35. The van der Waals surface area contributed by atoms with Crippen molar-refractivity contribution in [1.29, 1.82) is 0 Å². The van der Waals surface area contributed by atoms with Crippen LogP contribution < -0.4 is 0 Å². The van der Waals surface area contributed by atoms with E-state index in [4.69, 9.17) is 5.11 Å². The van der Waals surface area contributed by atoms with Crippen molar-refractivity contribution in [2.45, 2.75) is 32.4 Å². The van der Waals surface area contributed by atoms with Crippen LogP contribution in [0.2, 0.25) is 0 Å². The smallest absolute Gasteiger partial charge is 0.225 e. The monoisotopic (exact) mass is 187 g/mol. The molecule has 1 heterocycles. The van der Waals surface area contributed by atoms with E-state index in [1.165, 1.54) is 0 Å². The molecule has 1 saturated heterocycles. The summed E-state index contributed by atoms with van der Waals surface area (Å²) in [5.41, 5.74) is 0. The van der Waals surface area contributed by atoms with Crippen LogP contribution in [0.15, 0.2) is 0 Å². The highest BCUT2D eigenvalue weighted by molar-refractivity contribution is 5.78. The summed E-state index contributed by atoms with van der Waals surface area (Å²) < 4.78 is 0. The lowest BCUT2D eigenvalue weighted by atomic mass is 10.1. The van der Waals surface area contributed by atoms with Crippen LogP contribution in [0.25, 0.3) is 0 Å². The van der Waals surface area contributed by atoms with Gasteiger partial charge in [-0.25, -0.2) is 0 Å². The van der Waals surface area contributed by atoms with E-state index in [-0.39, 0.29) is 18.4 Å². The van der Waals surface area contributed by atoms with Gasteiger partial charge in [0.1, 0.15) is 0 Å². The van der Waals surface area contributed by atoms with Gasteiger partial charge in [0, 0.05) is 12.5 Å². The van der Waals surface area contributed by atoms with E-state index in [1.54, 1.807) is 4.90 Å². The molecule has 0 aromatic heterocycles. The number of rotatable bonds is 2. The number of nitrogens with zero attached hydrogens (tertiary/aromatic N) is 1. The molecule has 1 fully saturated rings. The van der Waals surface area contributed by atoms with Crippen molar-refractivity contribution in [3.05, 3.63) is 0 Å². The van der Waals surface area contributed by atoms with Crippen LogP contribution in [0, 0.1) is 5.92 Å². The minimum absolute atomic E-state index is 0.00981. The van der Waals surface area contributed by atoms with Crippen LogP contribution >= 0.6 is 0 Å². The molecule has 1 aliphatic heterocycles. The fourth-order valence-corrected chi connectivity index (χ4v) is 1.66. The SMILES string of the molecule is CC(C)C(=O)N1CCC(O)C1CO. The van der Waals surface area contributed by atoms with Crippen LogP contribution in [-0.2, 0) is 4.79 Å². The molecule has 0 spiro atoms. The van der Waals surface area contributed by atoms with Crippen LogP contribution in [0.1, 0.15) is 20.3 Å². The van der Waals surface area contributed by atoms with E-state index in [9.17, 15) is 9.90 Å². The van der Waals surface area contributed by atoms with Crippen molar-refractivity contribution >= 4 is 5.91 Å². The number of carbonyl (C=O) groups excluding carboxylic acids is 1. The summed E-state index contributed by atoms with van der Waals surface area (Å²) in [5.74, 6) is -0.0602. The molecule has 76 valence electrons. The van der Waals surface area contributed by atoms with Crippen LogP contribution in [0.4, 0.5) is 0 Å². The van der Waals surface area contributed by atoms with Crippen LogP contribution in [-0.4, -0.2) is 46.3 Å². The molecule has 13 heavy (non-hydrogen) atoms. The summed E-state index contributed by atoms with van der Waals surface area (Å²) in [5, 5.41) is 18.4. The van der Waals surface area contributed by atoms with Gasteiger partial charge in [-0.1, -0.05) is 13.8 Å². The molecule has 0 aromatic carbocycles. The fraction of sp³-hybridized carbons (Fsp3) is 0.889. The molecule has 1 aliphatic rings. The van der Waals surface area contributed by atoms with Gasteiger partial charge < -0.3 is 15.1 Å². The van der Waals surface area contributed by atoms with Crippen molar-refractivity contribution in [3.63, 3.8) is 0 Å². The third-order valence-electron chi connectivity index (χ3n) is 2.47. The normalized spacial score (nSPS) is 28.5. The summed E-state index contributed by atoms with van der Waals surface area (Å²) in [6, 6.07) is -0.394. The van der Waals surface area contributed by atoms with Gasteiger partial charge in [-0.2, -0.15) is 0 Å². The molecule has 4 nitrogen and oxygen atoms in total. The summed E-state index contributed by atoms with van der Waals surface area (Å²) in [6.07, 6.45) is 0.0108. The van der Waals surface area contributed by atoms with Crippen molar-refractivity contribution in [1.82, 2.24) is 4.90 Å². The number of hydrogen-bond acceptors (Lipinski definition) is 3. The van der Waals surface area contributed by atoms with Crippen molar-refractivity contribution in [3.8, 4) is 0 Å². The largest absolute Gasteiger partial charge is 0.394 e. The molecule has 1 rings (SSSR count). The first kappa shape index (κ1) is 10.5. The van der Waals surface area contributed by atoms with Gasteiger partial charge in [0.05, 0.1) is 18.8 Å². The minimum Gasteiger partial charge on any atom is -0.394 e. The zero-order valence-corrected chi connectivity index (χ0v) is 8.10. The lowest BCUT2D eigenvalue weighted by Crippen LogP contribution is -2.43. The first-order valence-electron chi connectivity index (χ1n) is 4.67. The standard InChI is InChI=1S/C9H17NO3/c1-6(2)9(13)10-4-3-8(12)7(10)5-11/h6-8,11-12H,3-5H2,1-2H3. The van der Waals surface area contributed by atoms with Gasteiger partial charge in [0.2, 0.25) is 5.91 Å². The third kappa shape index (κ3) is 2.00. The molecule has 0 bridgehead atoms. The molecule has 0 radical (unpaired) electrons. The van der Waals surface area contributed by atoms with Gasteiger partial charge in [0.25, 0.3) is 0 Å². The number of aliphatic hydroxyl groups excluding tert-OH is 2. The second-order valence-corrected chi connectivity index (χ2v) is 3.79. The van der Waals surface area contributed by atoms with Crippen LogP contribution in [0.3, 0.4) is 0 Å². The number of amides is 1. The Hall–Kier alpha value is -0.610. The molecular formula is C9H17NO3. The molecule has 4 heteroatoms. The predicted octanol–water partition coefficient (Wildman–Crippen LogP) is -0.404. The van der Waals surface area contributed by atoms with Gasteiger partial charge in [0.15, 0.2) is 0 Å². The summed E-state index contributed by atoms with van der Waals surface area (Å²) in [6.45, 7) is 4.05. The van der Waals surface area contributed by atoms with Crippen molar-refractivity contribution in [2.24, 2.45) is 5.92 Å². The highest BCUT2D eigenvalue weighted by Crippen LogP contribution is 2.19. The first-order valence-corrected chi connectivity index (χ1v) is 4.67. The predicted molar refractivity (Wildman–Crippen MR) is 48.0 cm³/mol. The van der Waals surface area contributed by atoms with Crippen molar-refractivity contribution < 1.29 is 15.0 Å². The first-order chi connectivity index (χ1) is 6.07. The summed E-state index contributed by atoms with van der Waals surface area (Å²) in [4.78, 5) is 13.1. The zero-order chi connectivity index (χ0) is 10.0. The number of aliphatic hydroxyl groups is 2. The molecular weight excluding hydrogens is 170 g/mol. The maximum atomic E-state index is 11.6. The second kappa shape index (κ2) is 4.07. The van der Waals surface area contributed by atoms with E-state index >= 15 is 0 Å². The fourth-order valence-electron chi connectivity index (χ4n) is 1.66.